The lowest BCUT2D eigenvalue weighted by atomic mass is 9.97. The Morgan fingerprint density at radius 1 is 1.31 bits per heavy atom. The summed E-state index contributed by atoms with van der Waals surface area (Å²) in [7, 11) is -4.15. The highest BCUT2D eigenvalue weighted by Gasteiger charge is 2.34. The van der Waals surface area contributed by atoms with E-state index in [1.165, 1.54) is 19.1 Å². The number of nitrogens with one attached hydrogen (secondary N) is 2. The number of halogens is 1. The van der Waals surface area contributed by atoms with E-state index in [0.717, 1.165) is 25.7 Å². The van der Waals surface area contributed by atoms with Gasteiger partial charge in [-0.25, -0.2) is 13.1 Å². The van der Waals surface area contributed by atoms with Crippen LogP contribution < -0.4 is 14.8 Å². The minimum Gasteiger partial charge on any atom is -0.492 e. The largest absolute Gasteiger partial charge is 0.492 e. The molecule has 2 amide bonds. The summed E-state index contributed by atoms with van der Waals surface area (Å²) >= 11 is 3.23. The topological polar surface area (TPSA) is 102 Å². The fourth-order valence-corrected chi connectivity index (χ4v) is 4.81. The summed E-state index contributed by atoms with van der Waals surface area (Å²) in [6.07, 6.45) is 3.47. The molecule has 0 aromatic heterocycles. The summed E-state index contributed by atoms with van der Waals surface area (Å²) in [5, 5.41) is 2.59. The Labute approximate surface area is 162 Å². The van der Waals surface area contributed by atoms with Gasteiger partial charge in [-0.3, -0.25) is 9.59 Å². The van der Waals surface area contributed by atoms with E-state index in [-0.39, 0.29) is 29.1 Å². The minimum absolute atomic E-state index is 0.0667. The number of sulfonamides is 1. The van der Waals surface area contributed by atoms with E-state index in [1.54, 1.807) is 13.0 Å². The molecule has 1 aromatic rings. The van der Waals surface area contributed by atoms with E-state index < -0.39 is 22.0 Å². The van der Waals surface area contributed by atoms with Crippen LogP contribution in [0.4, 0.5) is 0 Å². The summed E-state index contributed by atoms with van der Waals surface area (Å²) in [6, 6.07) is 3.69. The molecule has 1 atom stereocenters. The molecule has 7 nitrogen and oxygen atoms in total. The van der Waals surface area contributed by atoms with Crippen LogP contribution in [-0.4, -0.2) is 32.9 Å². The van der Waals surface area contributed by atoms with Gasteiger partial charge in [-0.2, -0.15) is 0 Å². The van der Waals surface area contributed by atoms with Crippen molar-refractivity contribution in [3.05, 3.63) is 22.7 Å². The molecular weight excluding hydrogens is 424 g/mol. The molecule has 0 aliphatic heterocycles. The van der Waals surface area contributed by atoms with E-state index in [4.69, 9.17) is 4.74 Å². The van der Waals surface area contributed by atoms with Gasteiger partial charge >= 0.3 is 0 Å². The molecule has 1 fully saturated rings. The smallest absolute Gasteiger partial charge is 0.267 e. The van der Waals surface area contributed by atoms with E-state index in [9.17, 15) is 18.0 Å². The van der Waals surface area contributed by atoms with Crippen molar-refractivity contribution in [2.24, 2.45) is 5.92 Å². The number of ether oxygens (including phenoxy) is 1. The molecule has 0 saturated heterocycles. The first-order valence-electron chi connectivity index (χ1n) is 8.50. The zero-order chi connectivity index (χ0) is 19.3. The molecule has 0 heterocycles. The number of hydrogen-bond donors (Lipinski definition) is 2. The van der Waals surface area contributed by atoms with Crippen LogP contribution in [0.2, 0.25) is 0 Å². The summed E-state index contributed by atoms with van der Waals surface area (Å²) < 4.78 is 33.5. The lowest BCUT2D eigenvalue weighted by Crippen LogP contribution is -2.51. The average Bonchev–Trinajstić information content (AvgIpc) is 3.08. The Kier molecular flexibility index (Phi) is 7.05. The molecule has 26 heavy (non-hydrogen) atoms. The van der Waals surface area contributed by atoms with Gasteiger partial charge < -0.3 is 10.1 Å². The van der Waals surface area contributed by atoms with Crippen LogP contribution in [0, 0.1) is 5.92 Å². The van der Waals surface area contributed by atoms with E-state index >= 15 is 0 Å². The quantitative estimate of drug-likeness (QED) is 0.668. The van der Waals surface area contributed by atoms with Crippen molar-refractivity contribution in [1.29, 1.82) is 0 Å². The number of hydrogen-bond acceptors (Lipinski definition) is 5. The van der Waals surface area contributed by atoms with E-state index in [0.29, 0.717) is 4.47 Å². The first-order chi connectivity index (χ1) is 12.2. The maximum atomic E-state index is 12.8. The molecule has 2 N–H and O–H groups in total. The van der Waals surface area contributed by atoms with E-state index in [1.807, 2.05) is 0 Å². The fourth-order valence-electron chi connectivity index (χ4n) is 3.12. The van der Waals surface area contributed by atoms with Crippen LogP contribution in [0.5, 0.6) is 5.75 Å². The van der Waals surface area contributed by atoms with Crippen LogP contribution >= 0.6 is 15.9 Å². The Hall–Kier alpha value is -1.61. The Bertz CT molecular complexity index is 775. The number of amides is 2. The van der Waals surface area contributed by atoms with Crippen molar-refractivity contribution < 1.29 is 22.7 Å². The molecule has 0 spiro atoms. The van der Waals surface area contributed by atoms with Gasteiger partial charge in [-0.15, -0.1) is 0 Å². The summed E-state index contributed by atoms with van der Waals surface area (Å²) in [5.74, 6) is -1.00. The van der Waals surface area contributed by atoms with Crippen LogP contribution in [0.25, 0.3) is 0 Å². The molecule has 1 aromatic carbocycles. The highest BCUT2D eigenvalue weighted by molar-refractivity contribution is 9.10. The lowest BCUT2D eigenvalue weighted by Gasteiger charge is -2.23. The summed E-state index contributed by atoms with van der Waals surface area (Å²) in [4.78, 5) is 24.0. The Balaban J connectivity index is 2.27. The third kappa shape index (κ3) is 5.20. The number of rotatable bonds is 7. The van der Waals surface area contributed by atoms with Crippen molar-refractivity contribution in [2.45, 2.75) is 50.5 Å². The molecule has 0 unspecified atom stereocenters. The maximum absolute atomic E-state index is 12.8. The third-order valence-electron chi connectivity index (χ3n) is 4.24. The number of benzene rings is 1. The molecule has 9 heteroatoms. The zero-order valence-electron chi connectivity index (χ0n) is 14.7. The van der Waals surface area contributed by atoms with Crippen molar-refractivity contribution in [2.75, 3.05) is 6.61 Å². The standard InChI is InChI=1S/C17H23BrN2O5S/c1-3-25-14-9-8-13(18)10-15(14)26(23,24)20-17(22)16(19-11(2)21)12-6-4-5-7-12/h8-10,12,16H,3-7H2,1-2H3,(H,19,21)(H,20,22)/t16-/m0/s1. The average molecular weight is 447 g/mol. The molecular formula is C17H23BrN2O5S. The molecule has 1 aliphatic rings. The second kappa shape index (κ2) is 8.85. The van der Waals surface area contributed by atoms with E-state index in [2.05, 4.69) is 26.0 Å². The predicted octanol–water partition coefficient (Wildman–Crippen LogP) is 2.35. The Morgan fingerprint density at radius 2 is 1.96 bits per heavy atom. The normalized spacial score (nSPS) is 16.1. The van der Waals surface area contributed by atoms with Gasteiger partial charge in [0.05, 0.1) is 6.61 Å². The fraction of sp³-hybridized carbons (Fsp3) is 0.529. The second-order valence-electron chi connectivity index (χ2n) is 6.22. The predicted molar refractivity (Wildman–Crippen MR) is 100 cm³/mol. The summed E-state index contributed by atoms with van der Waals surface area (Å²) in [6.45, 7) is 3.34. The molecule has 1 saturated carbocycles. The van der Waals surface area contributed by atoms with Crippen molar-refractivity contribution in [1.82, 2.24) is 10.0 Å². The van der Waals surface area contributed by atoms with Crippen molar-refractivity contribution >= 4 is 37.8 Å². The second-order valence-corrected chi connectivity index (χ2v) is 8.78. The van der Waals surface area contributed by atoms with Crippen molar-refractivity contribution in [3.8, 4) is 5.75 Å². The lowest BCUT2D eigenvalue weighted by molar-refractivity contribution is -0.128. The van der Waals surface area contributed by atoms with Crippen LogP contribution in [-0.2, 0) is 19.6 Å². The van der Waals surface area contributed by atoms with Gasteiger partial charge in [0.2, 0.25) is 5.91 Å². The molecule has 0 radical (unpaired) electrons. The third-order valence-corrected chi connectivity index (χ3v) is 6.10. The van der Waals surface area contributed by atoms with Crippen LogP contribution in [0.3, 0.4) is 0 Å². The highest BCUT2D eigenvalue weighted by atomic mass is 79.9. The molecule has 1 aliphatic carbocycles. The first kappa shape index (κ1) is 20.7. The first-order valence-corrected chi connectivity index (χ1v) is 10.8. The van der Waals surface area contributed by atoms with Crippen molar-refractivity contribution in [3.63, 3.8) is 0 Å². The van der Waals surface area contributed by atoms with Gasteiger partial charge in [-0.05, 0) is 43.9 Å². The van der Waals surface area contributed by atoms with Gasteiger partial charge in [0.1, 0.15) is 16.7 Å². The number of carbonyl (C=O) groups excluding carboxylic acids is 2. The monoisotopic (exact) mass is 446 g/mol. The minimum atomic E-state index is -4.15. The molecule has 2 rings (SSSR count). The number of carbonyl (C=O) groups is 2. The van der Waals surface area contributed by atoms with Crippen LogP contribution in [0.15, 0.2) is 27.6 Å². The SMILES string of the molecule is CCOc1ccc(Br)cc1S(=O)(=O)NC(=O)[C@@H](NC(C)=O)C1CCCC1. The van der Waals surface area contributed by atoms with Crippen LogP contribution in [0.1, 0.15) is 39.5 Å². The maximum Gasteiger partial charge on any atom is 0.267 e. The van der Waals surface area contributed by atoms with Gasteiger partial charge in [0, 0.05) is 11.4 Å². The Morgan fingerprint density at radius 3 is 2.54 bits per heavy atom. The van der Waals surface area contributed by atoms with Gasteiger partial charge in [0.25, 0.3) is 15.9 Å². The molecule has 144 valence electrons. The highest BCUT2D eigenvalue weighted by Crippen LogP contribution is 2.30. The zero-order valence-corrected chi connectivity index (χ0v) is 17.2. The van der Waals surface area contributed by atoms with Gasteiger partial charge in [-0.1, -0.05) is 28.8 Å². The molecule has 0 bridgehead atoms. The summed E-state index contributed by atoms with van der Waals surface area (Å²) in [5.41, 5.74) is 0. The van der Waals surface area contributed by atoms with Gasteiger partial charge in [0.15, 0.2) is 0 Å².